The van der Waals surface area contributed by atoms with Crippen LogP contribution < -0.4 is 26.0 Å². The van der Waals surface area contributed by atoms with Crippen molar-refractivity contribution < 1.29 is 86.8 Å². The SMILES string of the molecule is [B][B][C@@H]1O[C@H](CNC(=O)[C@H](CCC(=O)NCCN(CC(=O)NCC(=O)OCc2ccc(OCC(=O)NCC)cc2)C(=O)C[B]N2CCC[C@H]2C=O)CC(=O)CN(CCCC(=O)CN(CCC)C(=O)C[B]N2CCC[C@H]2C=O)C(=O)C[B]N2CCC[C@H]2C=O)[C@H](O)C1O. The molecule has 28 nitrogen and oxygen atoms in total. The number of hydrogen-bond acceptors (Lipinski definition) is 21. The number of Topliss-reactive ketones (excluding diaryl/α,β-unsaturated/α-hetero) is 2. The average Bonchev–Trinajstić information content (AvgIpc) is 1.89. The Bertz CT molecular complexity index is 2640. The fourth-order valence-electron chi connectivity index (χ4n) is 11.2. The van der Waals surface area contributed by atoms with Crippen LogP contribution in [0, 0.1) is 5.92 Å². The van der Waals surface area contributed by atoms with E-state index in [1.54, 1.807) is 63.1 Å². The number of ketones is 2. The normalized spacial score (nSPS) is 20.8. The van der Waals surface area contributed by atoms with Gasteiger partial charge in [-0.25, -0.2) is 0 Å². The predicted octanol–water partition coefficient (Wildman–Crippen LogP) is -3.47. The molecule has 6 radical (unpaired) electrons. The highest BCUT2D eigenvalue weighted by Gasteiger charge is 2.42. The van der Waals surface area contributed by atoms with E-state index in [0.29, 0.717) is 69.7 Å². The van der Waals surface area contributed by atoms with Crippen LogP contribution in [0.3, 0.4) is 0 Å². The first-order valence-corrected chi connectivity index (χ1v) is 31.8. The van der Waals surface area contributed by atoms with Gasteiger partial charge in [-0.3, -0.25) is 47.9 Å². The molecule has 0 bridgehead atoms. The first-order chi connectivity index (χ1) is 44.3. The molecule has 4 heterocycles. The summed E-state index contributed by atoms with van der Waals surface area (Å²) >= 11 is 0. The van der Waals surface area contributed by atoms with Crippen molar-refractivity contribution in [3.8, 4) is 5.75 Å². The van der Waals surface area contributed by atoms with E-state index in [0.717, 1.165) is 50.2 Å². The lowest BCUT2D eigenvalue weighted by atomic mass is 9.50. The van der Waals surface area contributed by atoms with E-state index in [9.17, 15) is 72.5 Å². The van der Waals surface area contributed by atoms with Crippen LogP contribution in [-0.4, -0.2) is 288 Å². The standard InChI is InChI=1S/C59H87B5N10O18/c1-3-20-69(52(83)27-61-72-22-5-9-42(72)35-75)32-45(78)12-8-21-70(53(84)28-62-73-23-6-10-43(73)36-76)33-46(79)26-41(59(89)68-30-48-56(87)57(88)58(64-60)92-48)15-18-49(80)66-19-25-71(54(85)29-63-74-24-7-11-44(74)37-77)34-50(81)67-31-55(86)91-38-40-13-16-47(17-14-40)90-39-51(82)65-4-2/h13-14,16-17,35-37,41-44,48,56-58,87-88H,3-12,15,18-34,38-39H2,1-2H3,(H,65,82)(H,66,80)(H,67,81)(H,68,89)/t41-,42+,43+,44+,48-,56+,57?,58-/m1/s1. The zero-order chi connectivity index (χ0) is 67.0. The van der Waals surface area contributed by atoms with Gasteiger partial charge in [0.25, 0.3) is 5.91 Å². The largest absolute Gasteiger partial charge is 0.484 e. The van der Waals surface area contributed by atoms with Gasteiger partial charge in [-0.15, -0.1) is 0 Å². The van der Waals surface area contributed by atoms with Gasteiger partial charge in [0.1, 0.15) is 50.0 Å². The van der Waals surface area contributed by atoms with Crippen LogP contribution in [0.15, 0.2) is 24.3 Å². The summed E-state index contributed by atoms with van der Waals surface area (Å²) < 4.78 is 16.3. The first kappa shape index (κ1) is 75.9. The number of likely N-dealkylation sites (N-methyl/N-ethyl adjacent to an activating group) is 1. The Morgan fingerprint density at radius 3 is 1.76 bits per heavy atom. The van der Waals surface area contributed by atoms with Crippen molar-refractivity contribution in [1.82, 2.24) is 50.4 Å². The number of ether oxygens (including phenoxy) is 3. The van der Waals surface area contributed by atoms with E-state index in [1.807, 2.05) is 11.7 Å². The van der Waals surface area contributed by atoms with Gasteiger partial charge in [-0.05, 0) is 102 Å². The Kier molecular flexibility index (Phi) is 33.9. The van der Waals surface area contributed by atoms with Crippen LogP contribution in [0.1, 0.15) is 96.5 Å². The summed E-state index contributed by atoms with van der Waals surface area (Å²) in [5.41, 5.74) is 0.597. The van der Waals surface area contributed by atoms with Gasteiger partial charge in [-0.2, -0.15) is 0 Å². The van der Waals surface area contributed by atoms with Crippen LogP contribution in [0.4, 0.5) is 0 Å². The number of amides is 7. The molecule has 0 saturated carbocycles. The minimum Gasteiger partial charge on any atom is -0.484 e. The second kappa shape index (κ2) is 41.0. The number of nitrogens with zero attached hydrogens (tertiary/aromatic N) is 6. The third kappa shape index (κ3) is 26.0. The van der Waals surface area contributed by atoms with Crippen LogP contribution >= 0.6 is 0 Å². The maximum atomic E-state index is 14.2. The van der Waals surface area contributed by atoms with Gasteiger partial charge in [0, 0.05) is 97.1 Å². The number of benzene rings is 1. The third-order valence-electron chi connectivity index (χ3n) is 16.3. The van der Waals surface area contributed by atoms with Gasteiger partial charge in [0.2, 0.25) is 57.7 Å². The van der Waals surface area contributed by atoms with Crippen molar-refractivity contribution in [2.24, 2.45) is 5.92 Å². The molecule has 33 heteroatoms. The van der Waals surface area contributed by atoms with Crippen molar-refractivity contribution in [1.29, 1.82) is 0 Å². The summed E-state index contributed by atoms with van der Waals surface area (Å²) in [6.07, 6.45) is 1.84. The zero-order valence-electron chi connectivity index (χ0n) is 52.9. The van der Waals surface area contributed by atoms with Gasteiger partial charge in [-0.1, -0.05) is 19.1 Å². The van der Waals surface area contributed by atoms with Crippen molar-refractivity contribution >= 4 is 115 Å². The molecule has 4 aliphatic rings. The van der Waals surface area contributed by atoms with Gasteiger partial charge >= 0.3 is 5.97 Å². The number of nitrogens with one attached hydrogen (secondary N) is 4. The number of rotatable bonds is 44. The van der Waals surface area contributed by atoms with Crippen LogP contribution in [0.5, 0.6) is 5.75 Å². The van der Waals surface area contributed by atoms with E-state index in [-0.39, 0.29) is 114 Å². The van der Waals surface area contributed by atoms with Gasteiger partial charge in [0.05, 0.1) is 51.0 Å². The number of carbonyl (C=O) groups is 13. The van der Waals surface area contributed by atoms with Crippen molar-refractivity contribution in [2.75, 3.05) is 91.7 Å². The molecule has 4 aliphatic heterocycles. The summed E-state index contributed by atoms with van der Waals surface area (Å²) in [5, 5.41) is 31.4. The molecule has 92 heavy (non-hydrogen) atoms. The molecular formula is C59H87B5N10O18. The van der Waals surface area contributed by atoms with Crippen LogP contribution in [0.2, 0.25) is 19.0 Å². The lowest BCUT2D eigenvalue weighted by Crippen LogP contribution is -2.46. The quantitative estimate of drug-likeness (QED) is 0.0210. The number of aliphatic hydroxyl groups excluding tert-OH is 2. The molecule has 1 aromatic carbocycles. The zero-order valence-corrected chi connectivity index (χ0v) is 52.9. The first-order valence-electron chi connectivity index (χ1n) is 31.8. The Hall–Kier alpha value is -6.79. The smallest absolute Gasteiger partial charge is 0.325 e. The number of hydrogen-bond donors (Lipinski definition) is 6. The van der Waals surface area contributed by atoms with Gasteiger partial charge in [0.15, 0.2) is 18.2 Å². The molecule has 0 aliphatic carbocycles. The monoisotopic (exact) mass is 1280 g/mol. The van der Waals surface area contributed by atoms with E-state index < -0.39 is 110 Å². The fraction of sp³-hybridized carbons (Fsp3) is 0.678. The second-order valence-electron chi connectivity index (χ2n) is 23.2. The Morgan fingerprint density at radius 2 is 1.23 bits per heavy atom. The predicted molar refractivity (Wildman–Crippen MR) is 337 cm³/mol. The average molecular weight is 1280 g/mol. The van der Waals surface area contributed by atoms with Crippen molar-refractivity contribution in [3.63, 3.8) is 0 Å². The van der Waals surface area contributed by atoms with Crippen molar-refractivity contribution in [3.05, 3.63) is 29.8 Å². The van der Waals surface area contributed by atoms with Gasteiger partial charge < -0.3 is 89.2 Å². The maximum Gasteiger partial charge on any atom is 0.325 e. The molecular weight excluding hydrogens is 1190 g/mol. The molecule has 6 N–H and O–H groups in total. The molecule has 1 aromatic rings. The highest BCUT2D eigenvalue weighted by molar-refractivity contribution is 6.90. The van der Waals surface area contributed by atoms with Crippen LogP contribution in [-0.2, 0) is 78.4 Å². The van der Waals surface area contributed by atoms with Crippen molar-refractivity contribution in [2.45, 2.75) is 159 Å². The molecule has 496 valence electrons. The summed E-state index contributed by atoms with van der Waals surface area (Å²) in [6.45, 7) is 3.26. The molecule has 0 aromatic heterocycles. The summed E-state index contributed by atoms with van der Waals surface area (Å²) in [7, 11) is 11.5. The van der Waals surface area contributed by atoms with E-state index >= 15 is 0 Å². The highest BCUT2D eigenvalue weighted by atomic mass is 16.5. The van der Waals surface area contributed by atoms with Crippen LogP contribution in [0.25, 0.3) is 0 Å². The Balaban J connectivity index is 1.21. The minimum absolute atomic E-state index is 0.00931. The summed E-state index contributed by atoms with van der Waals surface area (Å²) in [5.74, 6) is -6.13. The maximum absolute atomic E-state index is 14.2. The fourth-order valence-corrected chi connectivity index (χ4v) is 11.2. The topological polar surface area (TPSA) is 358 Å². The lowest BCUT2D eigenvalue weighted by molar-refractivity contribution is -0.145. The van der Waals surface area contributed by atoms with E-state index in [4.69, 9.17) is 21.9 Å². The van der Waals surface area contributed by atoms with E-state index in [1.165, 1.54) is 9.80 Å². The molecule has 5 rings (SSSR count). The lowest BCUT2D eigenvalue weighted by Gasteiger charge is -2.26. The molecule has 4 fully saturated rings. The number of carbonyl (C=O) groups excluding carboxylic acids is 13. The second-order valence-corrected chi connectivity index (χ2v) is 23.2. The molecule has 8 atom stereocenters. The van der Waals surface area contributed by atoms with E-state index in [2.05, 4.69) is 21.3 Å². The molecule has 4 saturated heterocycles. The Labute approximate surface area is 542 Å². The summed E-state index contributed by atoms with van der Waals surface area (Å²) in [6, 6.07) is 4.31. The number of aldehydes is 3. The number of esters is 1. The Morgan fingerprint density at radius 1 is 0.674 bits per heavy atom. The highest BCUT2D eigenvalue weighted by Crippen LogP contribution is 2.22. The summed E-state index contributed by atoms with van der Waals surface area (Å²) in [4.78, 5) is 178. The third-order valence-corrected chi connectivity index (χ3v) is 16.3. The minimum atomic E-state index is -1.45. The molecule has 7 amide bonds. The molecule has 1 unspecified atom stereocenters. The number of aliphatic hydroxyl groups is 2. The molecule has 0 spiro atoms.